The lowest BCUT2D eigenvalue weighted by molar-refractivity contribution is 0.453. The fraction of sp³-hybridized carbons (Fsp3) is 0.278. The van der Waals surface area contributed by atoms with Crippen LogP contribution in [0.5, 0.6) is 0 Å². The molecule has 0 N–H and O–H groups in total. The molecule has 5 heteroatoms. The van der Waals surface area contributed by atoms with Crippen molar-refractivity contribution in [3.63, 3.8) is 0 Å². The average molecular weight is 328 g/mol. The monoisotopic (exact) mass is 327 g/mol. The Kier molecular flexibility index (Phi) is 3.62. The molecule has 0 spiro atoms. The highest BCUT2D eigenvalue weighted by Gasteiger charge is 2.22. The maximum atomic E-state index is 6.06. The van der Waals surface area contributed by atoms with Crippen LogP contribution in [0.3, 0.4) is 0 Å². The molecule has 0 amide bonds. The number of fused-ring (bicyclic) bond motifs is 1. The first kappa shape index (κ1) is 14.4. The molecule has 1 saturated heterocycles. The summed E-state index contributed by atoms with van der Waals surface area (Å²) in [7, 11) is 0. The number of aryl methyl sites for hydroxylation is 1. The van der Waals surface area contributed by atoms with E-state index in [-0.39, 0.29) is 0 Å². The Balaban J connectivity index is 1.53. The van der Waals surface area contributed by atoms with Crippen molar-refractivity contribution in [2.24, 2.45) is 0 Å². The molecule has 0 saturated carbocycles. The van der Waals surface area contributed by atoms with Crippen LogP contribution in [0.25, 0.3) is 11.0 Å². The van der Waals surface area contributed by atoms with Crippen LogP contribution in [0.15, 0.2) is 47.0 Å². The van der Waals surface area contributed by atoms with E-state index in [1.54, 1.807) is 0 Å². The molecule has 1 fully saturated rings. The van der Waals surface area contributed by atoms with Crippen molar-refractivity contribution >= 4 is 34.1 Å². The number of para-hydroxylation sites is 1. The van der Waals surface area contributed by atoms with Gasteiger partial charge in [0, 0.05) is 36.9 Å². The fourth-order valence-electron chi connectivity index (χ4n) is 3.23. The van der Waals surface area contributed by atoms with Crippen LogP contribution >= 0.6 is 11.6 Å². The lowest BCUT2D eigenvalue weighted by Gasteiger charge is -2.36. The zero-order valence-corrected chi connectivity index (χ0v) is 13.8. The van der Waals surface area contributed by atoms with E-state index in [9.17, 15) is 0 Å². The molecule has 0 aliphatic carbocycles. The molecule has 4 rings (SSSR count). The summed E-state index contributed by atoms with van der Waals surface area (Å²) < 4.78 is 5.43. The third kappa shape index (κ3) is 2.63. The molecular weight excluding hydrogens is 310 g/mol. The van der Waals surface area contributed by atoms with Gasteiger partial charge in [0.05, 0.1) is 5.39 Å². The van der Waals surface area contributed by atoms with Gasteiger partial charge in [-0.2, -0.15) is 0 Å². The number of aromatic nitrogens is 1. The topological polar surface area (TPSA) is 32.5 Å². The Morgan fingerprint density at radius 1 is 1.00 bits per heavy atom. The Hall–Kier alpha value is -2.20. The summed E-state index contributed by atoms with van der Waals surface area (Å²) in [6.07, 6.45) is 0. The molecule has 23 heavy (non-hydrogen) atoms. The van der Waals surface area contributed by atoms with Gasteiger partial charge in [-0.1, -0.05) is 28.9 Å². The van der Waals surface area contributed by atoms with Crippen molar-refractivity contribution < 1.29 is 4.52 Å². The first-order chi connectivity index (χ1) is 11.2. The molecule has 1 aromatic heterocycles. The molecule has 3 aromatic rings. The predicted molar refractivity (Wildman–Crippen MR) is 94.6 cm³/mol. The Morgan fingerprint density at radius 3 is 2.52 bits per heavy atom. The third-order valence-electron chi connectivity index (χ3n) is 4.44. The molecule has 2 heterocycles. The van der Waals surface area contributed by atoms with E-state index < -0.39 is 0 Å². The zero-order chi connectivity index (χ0) is 15.8. The smallest absolute Gasteiger partial charge is 0.180 e. The van der Waals surface area contributed by atoms with E-state index in [0.717, 1.165) is 48.0 Å². The Bertz CT molecular complexity index is 837. The summed E-state index contributed by atoms with van der Waals surface area (Å²) in [5.74, 6) is 0.952. The van der Waals surface area contributed by atoms with Gasteiger partial charge in [0.25, 0.3) is 0 Å². The van der Waals surface area contributed by atoms with Crippen LogP contribution in [0.1, 0.15) is 5.56 Å². The number of benzene rings is 2. The van der Waals surface area contributed by atoms with Gasteiger partial charge in [-0.3, -0.25) is 0 Å². The van der Waals surface area contributed by atoms with E-state index in [0.29, 0.717) is 0 Å². The van der Waals surface area contributed by atoms with E-state index >= 15 is 0 Å². The molecule has 118 valence electrons. The van der Waals surface area contributed by atoms with Crippen molar-refractivity contribution in [3.05, 3.63) is 53.1 Å². The molecular formula is C18H18ClN3O. The second kappa shape index (κ2) is 5.78. The normalized spacial score (nSPS) is 15.4. The highest BCUT2D eigenvalue weighted by molar-refractivity contribution is 6.30. The van der Waals surface area contributed by atoms with Crippen LogP contribution in [-0.4, -0.2) is 31.3 Å². The summed E-state index contributed by atoms with van der Waals surface area (Å²) in [6.45, 7) is 5.89. The highest BCUT2D eigenvalue weighted by Crippen LogP contribution is 2.29. The first-order valence-electron chi connectivity index (χ1n) is 7.83. The number of hydrogen-bond acceptors (Lipinski definition) is 4. The van der Waals surface area contributed by atoms with E-state index in [1.807, 2.05) is 30.3 Å². The molecule has 0 radical (unpaired) electrons. The molecule has 0 bridgehead atoms. The standard InChI is InChI=1S/C18H18ClN3O/c1-13-12-14(19)6-7-16(13)21-8-10-22(11-9-21)18-15-4-2-3-5-17(15)23-20-18/h2-7,12H,8-11H2,1H3. The number of rotatable bonds is 2. The van der Waals surface area contributed by atoms with Crippen molar-refractivity contribution in [1.29, 1.82) is 0 Å². The number of anilines is 2. The van der Waals surface area contributed by atoms with Gasteiger partial charge >= 0.3 is 0 Å². The molecule has 0 atom stereocenters. The largest absolute Gasteiger partial charge is 0.368 e. The maximum absolute atomic E-state index is 6.06. The summed E-state index contributed by atoms with van der Waals surface area (Å²) in [6, 6.07) is 14.1. The number of halogens is 1. The minimum atomic E-state index is 0.791. The summed E-state index contributed by atoms with van der Waals surface area (Å²) >= 11 is 6.06. The van der Waals surface area contributed by atoms with E-state index in [4.69, 9.17) is 16.1 Å². The SMILES string of the molecule is Cc1cc(Cl)ccc1N1CCN(c2noc3ccccc23)CC1. The van der Waals surface area contributed by atoms with Crippen LogP contribution < -0.4 is 9.80 Å². The highest BCUT2D eigenvalue weighted by atomic mass is 35.5. The van der Waals surface area contributed by atoms with Gasteiger partial charge in [0.15, 0.2) is 11.4 Å². The van der Waals surface area contributed by atoms with Crippen LogP contribution in [0.2, 0.25) is 5.02 Å². The minimum Gasteiger partial charge on any atom is -0.368 e. The van der Waals surface area contributed by atoms with Crippen LogP contribution in [0.4, 0.5) is 11.5 Å². The quantitative estimate of drug-likeness (QED) is 0.709. The van der Waals surface area contributed by atoms with Crippen molar-refractivity contribution in [2.75, 3.05) is 36.0 Å². The van der Waals surface area contributed by atoms with Crippen molar-refractivity contribution in [2.45, 2.75) is 6.92 Å². The van der Waals surface area contributed by atoms with Gasteiger partial charge in [0.2, 0.25) is 0 Å². The molecule has 0 unspecified atom stereocenters. The Labute approximate surface area is 140 Å². The van der Waals surface area contributed by atoms with E-state index in [2.05, 4.69) is 34.0 Å². The maximum Gasteiger partial charge on any atom is 0.180 e. The van der Waals surface area contributed by atoms with Gasteiger partial charge in [-0.25, -0.2) is 0 Å². The van der Waals surface area contributed by atoms with Gasteiger partial charge in [-0.15, -0.1) is 0 Å². The van der Waals surface area contributed by atoms with Gasteiger partial charge in [0.1, 0.15) is 0 Å². The molecule has 4 nitrogen and oxygen atoms in total. The first-order valence-corrected chi connectivity index (χ1v) is 8.20. The van der Waals surface area contributed by atoms with Crippen LogP contribution in [-0.2, 0) is 0 Å². The number of nitrogens with zero attached hydrogens (tertiary/aromatic N) is 3. The number of piperazine rings is 1. The van der Waals surface area contributed by atoms with Crippen molar-refractivity contribution in [3.8, 4) is 0 Å². The summed E-state index contributed by atoms with van der Waals surface area (Å²) in [4.78, 5) is 4.71. The fourth-order valence-corrected chi connectivity index (χ4v) is 3.46. The lowest BCUT2D eigenvalue weighted by Crippen LogP contribution is -2.47. The van der Waals surface area contributed by atoms with Gasteiger partial charge in [-0.05, 0) is 42.8 Å². The zero-order valence-electron chi connectivity index (χ0n) is 13.0. The minimum absolute atomic E-state index is 0.791. The van der Waals surface area contributed by atoms with Crippen LogP contribution in [0, 0.1) is 6.92 Å². The number of hydrogen-bond donors (Lipinski definition) is 0. The molecule has 1 aliphatic heterocycles. The average Bonchev–Trinajstić information content (AvgIpc) is 2.99. The Morgan fingerprint density at radius 2 is 1.74 bits per heavy atom. The summed E-state index contributed by atoms with van der Waals surface area (Å²) in [5.41, 5.74) is 3.33. The predicted octanol–water partition coefficient (Wildman–Crippen LogP) is 4.12. The molecule has 2 aromatic carbocycles. The van der Waals surface area contributed by atoms with E-state index in [1.165, 1.54) is 11.3 Å². The second-order valence-electron chi connectivity index (χ2n) is 5.91. The van der Waals surface area contributed by atoms with Crippen molar-refractivity contribution in [1.82, 2.24) is 5.16 Å². The lowest BCUT2D eigenvalue weighted by atomic mass is 10.1. The molecule has 1 aliphatic rings. The van der Waals surface area contributed by atoms with Gasteiger partial charge < -0.3 is 14.3 Å². The third-order valence-corrected chi connectivity index (χ3v) is 4.67. The summed E-state index contributed by atoms with van der Waals surface area (Å²) in [5, 5.41) is 6.14. The second-order valence-corrected chi connectivity index (χ2v) is 6.34.